The van der Waals surface area contributed by atoms with Crippen LogP contribution in [0.3, 0.4) is 0 Å². The Morgan fingerprint density at radius 1 is 0.304 bits per heavy atom. The van der Waals surface area contributed by atoms with Gasteiger partial charge >= 0.3 is 0 Å². The van der Waals surface area contributed by atoms with Crippen LogP contribution in [0.5, 0.6) is 0 Å². The van der Waals surface area contributed by atoms with Gasteiger partial charge in [-0.15, -0.1) is 0 Å². The Kier molecular flexibility index (Phi) is 8.50. The van der Waals surface area contributed by atoms with E-state index >= 15 is 0 Å². The lowest BCUT2D eigenvalue weighted by Gasteiger charge is -2.17. The molecule has 0 unspecified atom stereocenters. The zero-order valence-electron chi connectivity index (χ0n) is 30.3. The van der Waals surface area contributed by atoms with Crippen molar-refractivity contribution in [3.05, 3.63) is 187 Å². The van der Waals surface area contributed by atoms with E-state index in [0.29, 0.717) is 17.5 Å². The summed E-state index contributed by atoms with van der Waals surface area (Å²) in [5.41, 5.74) is 14.7. The normalized spacial score (nSPS) is 12.7. The molecule has 7 nitrogen and oxygen atoms in total. The lowest BCUT2D eigenvalue weighted by molar-refractivity contribution is 1.05. The highest BCUT2D eigenvalue weighted by Crippen LogP contribution is 2.37. The molecular formula is C49H33N7. The maximum atomic E-state index is 5.09. The number of rotatable bonds is 7. The fourth-order valence-corrected chi connectivity index (χ4v) is 7.18. The number of hydrogen-bond acceptors (Lipinski definition) is 7. The summed E-state index contributed by atoms with van der Waals surface area (Å²) in [6.07, 6.45) is 9.83. The minimum Gasteiger partial charge on any atom is -0.252 e. The van der Waals surface area contributed by atoms with Gasteiger partial charge in [0.05, 0.1) is 45.8 Å². The predicted octanol–water partition coefficient (Wildman–Crippen LogP) is 11.4. The van der Waals surface area contributed by atoms with E-state index in [0.717, 1.165) is 85.2 Å². The van der Waals surface area contributed by atoms with Crippen LogP contribution in [0.4, 0.5) is 0 Å². The van der Waals surface area contributed by atoms with Crippen molar-refractivity contribution in [1.82, 2.24) is 34.9 Å². The monoisotopic (exact) mass is 719 g/mol. The van der Waals surface area contributed by atoms with Gasteiger partial charge in [0, 0.05) is 22.3 Å². The second kappa shape index (κ2) is 14.4. The highest BCUT2D eigenvalue weighted by atomic mass is 15.0. The van der Waals surface area contributed by atoms with Crippen molar-refractivity contribution in [3.63, 3.8) is 0 Å². The number of fused-ring (bicyclic) bond motifs is 2. The Balaban J connectivity index is 1.09. The topological polar surface area (TPSA) is 90.2 Å². The smallest absolute Gasteiger partial charge is 0.164 e. The first-order valence-electron chi connectivity index (χ1n) is 18.7. The number of hydrogen-bond donors (Lipinski definition) is 0. The van der Waals surface area contributed by atoms with Crippen molar-refractivity contribution in [1.29, 1.82) is 0 Å². The maximum absolute atomic E-state index is 5.09. The van der Waals surface area contributed by atoms with E-state index in [2.05, 4.69) is 64.6 Å². The molecule has 0 spiro atoms. The summed E-state index contributed by atoms with van der Waals surface area (Å²) in [6, 6.07) is 51.3. The second-order valence-corrected chi connectivity index (χ2v) is 13.8. The molecule has 0 amide bonds. The lowest BCUT2D eigenvalue weighted by Crippen LogP contribution is -2.01. The van der Waals surface area contributed by atoms with Crippen LogP contribution in [-0.4, -0.2) is 34.9 Å². The van der Waals surface area contributed by atoms with Crippen LogP contribution in [0, 0.1) is 0 Å². The van der Waals surface area contributed by atoms with Gasteiger partial charge in [-0.1, -0.05) is 121 Å². The largest absolute Gasteiger partial charge is 0.252 e. The molecule has 264 valence electrons. The molecule has 7 heteroatoms. The SMILES string of the molecule is C1=C(c2cc(-c3ccc(-c4cnc5ccccc5n4)cc3)cc(-c3nc(-c4ccccc4)nc(-c4ccccc4)n3)c2)CCC(c2cnc3ccccc3n2)=C1. The summed E-state index contributed by atoms with van der Waals surface area (Å²) in [5, 5.41) is 0. The Hall–Kier alpha value is -7.51. The summed E-state index contributed by atoms with van der Waals surface area (Å²) >= 11 is 0. The third-order valence-corrected chi connectivity index (χ3v) is 10.2. The molecule has 3 aromatic heterocycles. The molecule has 0 saturated heterocycles. The van der Waals surface area contributed by atoms with E-state index in [1.807, 2.05) is 122 Å². The van der Waals surface area contributed by atoms with Crippen molar-refractivity contribution < 1.29 is 0 Å². The van der Waals surface area contributed by atoms with Crippen molar-refractivity contribution in [2.75, 3.05) is 0 Å². The van der Waals surface area contributed by atoms with Crippen molar-refractivity contribution >= 4 is 33.2 Å². The first-order valence-corrected chi connectivity index (χ1v) is 18.7. The average Bonchev–Trinajstić information content (AvgIpc) is 3.29. The van der Waals surface area contributed by atoms with Gasteiger partial charge in [0.25, 0.3) is 0 Å². The molecule has 0 N–H and O–H groups in total. The van der Waals surface area contributed by atoms with Crippen LogP contribution < -0.4 is 0 Å². The minimum atomic E-state index is 0.614. The van der Waals surface area contributed by atoms with Crippen molar-refractivity contribution in [2.24, 2.45) is 0 Å². The molecule has 56 heavy (non-hydrogen) atoms. The van der Waals surface area contributed by atoms with E-state index in [9.17, 15) is 0 Å². The van der Waals surface area contributed by atoms with Gasteiger partial charge in [-0.2, -0.15) is 0 Å². The van der Waals surface area contributed by atoms with Gasteiger partial charge in [-0.3, -0.25) is 9.97 Å². The van der Waals surface area contributed by atoms with E-state index in [1.165, 1.54) is 11.1 Å². The second-order valence-electron chi connectivity index (χ2n) is 13.8. The first-order chi connectivity index (χ1) is 27.7. The third-order valence-electron chi connectivity index (χ3n) is 10.2. The molecule has 0 bridgehead atoms. The highest BCUT2D eigenvalue weighted by Gasteiger charge is 2.18. The quantitative estimate of drug-likeness (QED) is 0.162. The van der Waals surface area contributed by atoms with Gasteiger partial charge in [0.15, 0.2) is 17.5 Å². The van der Waals surface area contributed by atoms with Crippen LogP contribution >= 0.6 is 0 Å². The molecular weight excluding hydrogens is 687 g/mol. The fourth-order valence-electron chi connectivity index (χ4n) is 7.18. The van der Waals surface area contributed by atoms with Gasteiger partial charge in [-0.25, -0.2) is 24.9 Å². The van der Waals surface area contributed by atoms with E-state index in [1.54, 1.807) is 0 Å². The van der Waals surface area contributed by atoms with Crippen LogP contribution in [0.1, 0.15) is 24.1 Å². The molecule has 10 rings (SSSR count). The molecule has 1 aliphatic rings. The van der Waals surface area contributed by atoms with Crippen LogP contribution in [0.15, 0.2) is 176 Å². The molecule has 0 fully saturated rings. The maximum Gasteiger partial charge on any atom is 0.164 e. The first kappa shape index (κ1) is 33.1. The third kappa shape index (κ3) is 6.63. The number of benzene rings is 6. The number of allylic oxidation sites excluding steroid dienone is 4. The molecule has 0 aliphatic heterocycles. The summed E-state index contributed by atoms with van der Waals surface area (Å²) in [5.74, 6) is 1.87. The van der Waals surface area contributed by atoms with Crippen molar-refractivity contribution in [2.45, 2.75) is 12.8 Å². The molecule has 9 aromatic rings. The van der Waals surface area contributed by atoms with Gasteiger partial charge in [0.1, 0.15) is 0 Å². The minimum absolute atomic E-state index is 0.614. The number of nitrogens with zero attached hydrogens (tertiary/aromatic N) is 7. The van der Waals surface area contributed by atoms with E-state index < -0.39 is 0 Å². The average molecular weight is 720 g/mol. The Morgan fingerprint density at radius 2 is 0.750 bits per heavy atom. The number of aromatic nitrogens is 7. The molecule has 6 aromatic carbocycles. The van der Waals surface area contributed by atoms with Gasteiger partial charge in [0.2, 0.25) is 0 Å². The summed E-state index contributed by atoms with van der Waals surface area (Å²) < 4.78 is 0. The van der Waals surface area contributed by atoms with Crippen molar-refractivity contribution in [3.8, 4) is 56.5 Å². The van der Waals surface area contributed by atoms with Crippen LogP contribution in [0.2, 0.25) is 0 Å². The molecule has 3 heterocycles. The van der Waals surface area contributed by atoms with Crippen LogP contribution in [0.25, 0.3) is 89.8 Å². The fraction of sp³-hybridized carbons (Fsp3) is 0.0408. The number of para-hydroxylation sites is 4. The van der Waals surface area contributed by atoms with E-state index in [4.69, 9.17) is 24.9 Å². The Labute approximate surface area is 323 Å². The van der Waals surface area contributed by atoms with E-state index in [-0.39, 0.29) is 0 Å². The van der Waals surface area contributed by atoms with Gasteiger partial charge in [-0.05, 0) is 83.1 Å². The summed E-state index contributed by atoms with van der Waals surface area (Å²) in [6.45, 7) is 0. The summed E-state index contributed by atoms with van der Waals surface area (Å²) in [4.78, 5) is 34.2. The highest BCUT2D eigenvalue weighted by molar-refractivity contribution is 5.85. The molecule has 1 aliphatic carbocycles. The molecule has 0 radical (unpaired) electrons. The standard InChI is InChI=1S/C49H33N7/c1-3-11-36(12-4-1)47-54-48(37-13-5-2-6-14-37)56-49(55-47)40-28-38(32-19-23-34(24-20-32)45-30-50-41-15-7-9-17-43(41)52-45)27-39(29-40)33-21-25-35(26-22-33)46-31-51-42-16-8-10-18-44(42)53-46/h1-21,23-25,27-31H,22,26H2. The Bertz CT molecular complexity index is 2900. The molecule has 0 atom stereocenters. The zero-order valence-corrected chi connectivity index (χ0v) is 30.3. The zero-order chi connectivity index (χ0) is 37.3. The Morgan fingerprint density at radius 3 is 1.34 bits per heavy atom. The van der Waals surface area contributed by atoms with Crippen LogP contribution in [-0.2, 0) is 0 Å². The lowest BCUT2D eigenvalue weighted by atomic mass is 9.89. The van der Waals surface area contributed by atoms with Gasteiger partial charge < -0.3 is 0 Å². The molecule has 0 saturated carbocycles. The summed E-state index contributed by atoms with van der Waals surface area (Å²) in [7, 11) is 0. The predicted molar refractivity (Wildman–Crippen MR) is 225 cm³/mol.